The van der Waals surface area contributed by atoms with Crippen LogP contribution in [0.1, 0.15) is 50.4 Å². The minimum atomic E-state index is -0.572. The Balaban J connectivity index is 1.55. The van der Waals surface area contributed by atoms with Crippen molar-refractivity contribution in [3.63, 3.8) is 0 Å². The average molecular weight is 473 g/mol. The standard InChI is InChI=1S/C24H29BrN2O3/c1-15(2)21-13-4-16(3)14-22(21)30-20-11-9-19(10-12-20)26-24(29)27-23(28)17-5-7-18(25)8-6-17/h5-12,15-16,21-22H,4,13-14H2,1-3H3,(H2,26,27,28,29). The van der Waals surface area contributed by atoms with Gasteiger partial charge in [0.15, 0.2) is 0 Å². The molecule has 0 bridgehead atoms. The van der Waals surface area contributed by atoms with Crippen LogP contribution in [0.25, 0.3) is 0 Å². The molecule has 0 radical (unpaired) electrons. The second-order valence-corrected chi connectivity index (χ2v) is 9.34. The van der Waals surface area contributed by atoms with Gasteiger partial charge in [0.1, 0.15) is 11.9 Å². The second kappa shape index (κ2) is 10.1. The van der Waals surface area contributed by atoms with E-state index >= 15 is 0 Å². The van der Waals surface area contributed by atoms with Gasteiger partial charge in [0.2, 0.25) is 0 Å². The van der Waals surface area contributed by atoms with E-state index in [4.69, 9.17) is 4.74 Å². The Labute approximate surface area is 186 Å². The monoisotopic (exact) mass is 472 g/mol. The van der Waals surface area contributed by atoms with E-state index in [-0.39, 0.29) is 6.10 Å². The summed E-state index contributed by atoms with van der Waals surface area (Å²) in [5.41, 5.74) is 1.01. The van der Waals surface area contributed by atoms with Crippen LogP contribution in [0.2, 0.25) is 0 Å². The molecule has 1 aliphatic carbocycles. The number of carbonyl (C=O) groups is 2. The molecule has 0 saturated heterocycles. The number of nitrogens with one attached hydrogen (secondary N) is 2. The largest absolute Gasteiger partial charge is 0.490 e. The topological polar surface area (TPSA) is 67.4 Å². The molecule has 3 rings (SSSR count). The van der Waals surface area contributed by atoms with Crippen molar-refractivity contribution in [2.24, 2.45) is 17.8 Å². The van der Waals surface area contributed by atoms with Crippen LogP contribution in [0.3, 0.4) is 0 Å². The molecule has 2 aromatic rings. The predicted molar refractivity (Wildman–Crippen MR) is 123 cm³/mol. The Morgan fingerprint density at radius 1 is 1.03 bits per heavy atom. The molecule has 5 nitrogen and oxygen atoms in total. The zero-order chi connectivity index (χ0) is 21.7. The maximum atomic E-state index is 12.1. The van der Waals surface area contributed by atoms with E-state index in [9.17, 15) is 9.59 Å². The molecule has 2 N–H and O–H groups in total. The van der Waals surface area contributed by atoms with Gasteiger partial charge in [-0.15, -0.1) is 0 Å². The van der Waals surface area contributed by atoms with E-state index in [0.717, 1.165) is 16.6 Å². The third kappa shape index (κ3) is 6.08. The summed E-state index contributed by atoms with van der Waals surface area (Å²) in [5, 5.41) is 5.02. The lowest BCUT2D eigenvalue weighted by molar-refractivity contribution is 0.0460. The van der Waals surface area contributed by atoms with Crippen molar-refractivity contribution in [3.8, 4) is 5.75 Å². The lowest BCUT2D eigenvalue weighted by Crippen LogP contribution is -2.36. The van der Waals surface area contributed by atoms with Crippen LogP contribution in [-0.4, -0.2) is 18.0 Å². The maximum absolute atomic E-state index is 12.1. The Bertz CT molecular complexity index is 865. The van der Waals surface area contributed by atoms with Gasteiger partial charge < -0.3 is 10.1 Å². The number of amides is 3. The first-order valence-electron chi connectivity index (χ1n) is 10.5. The van der Waals surface area contributed by atoms with Crippen molar-refractivity contribution >= 4 is 33.6 Å². The lowest BCUT2D eigenvalue weighted by atomic mass is 9.75. The summed E-state index contributed by atoms with van der Waals surface area (Å²) in [6.07, 6.45) is 3.76. The molecule has 1 saturated carbocycles. The van der Waals surface area contributed by atoms with Crippen LogP contribution in [-0.2, 0) is 0 Å². The van der Waals surface area contributed by atoms with Gasteiger partial charge in [0.05, 0.1) is 0 Å². The molecule has 6 heteroatoms. The van der Waals surface area contributed by atoms with E-state index in [0.29, 0.717) is 29.0 Å². The lowest BCUT2D eigenvalue weighted by Gasteiger charge is -2.37. The molecular weight excluding hydrogens is 444 g/mol. The molecule has 0 aliphatic heterocycles. The van der Waals surface area contributed by atoms with Crippen LogP contribution in [0.5, 0.6) is 5.75 Å². The van der Waals surface area contributed by atoms with E-state index in [1.54, 1.807) is 36.4 Å². The average Bonchev–Trinajstić information content (AvgIpc) is 2.69. The summed E-state index contributed by atoms with van der Waals surface area (Å²) in [7, 11) is 0. The van der Waals surface area contributed by atoms with Crippen molar-refractivity contribution in [2.45, 2.75) is 46.1 Å². The molecule has 1 aliphatic rings. The molecule has 1 fully saturated rings. The molecule has 3 unspecified atom stereocenters. The van der Waals surface area contributed by atoms with E-state index < -0.39 is 11.9 Å². The Morgan fingerprint density at radius 3 is 2.33 bits per heavy atom. The van der Waals surface area contributed by atoms with Crippen molar-refractivity contribution in [1.29, 1.82) is 0 Å². The van der Waals surface area contributed by atoms with Gasteiger partial charge in [-0.3, -0.25) is 10.1 Å². The van der Waals surface area contributed by atoms with Crippen LogP contribution in [0, 0.1) is 17.8 Å². The van der Waals surface area contributed by atoms with E-state index in [1.165, 1.54) is 12.8 Å². The van der Waals surface area contributed by atoms with Gasteiger partial charge in [-0.05, 0) is 79.1 Å². The molecule has 160 valence electrons. The Hall–Kier alpha value is -2.34. The highest BCUT2D eigenvalue weighted by atomic mass is 79.9. The fourth-order valence-electron chi connectivity index (χ4n) is 3.98. The van der Waals surface area contributed by atoms with Crippen molar-refractivity contribution in [3.05, 3.63) is 58.6 Å². The van der Waals surface area contributed by atoms with Crippen LogP contribution >= 0.6 is 15.9 Å². The number of anilines is 1. The summed E-state index contributed by atoms with van der Waals surface area (Å²) in [6, 6.07) is 13.5. The molecule has 0 aromatic heterocycles. The minimum Gasteiger partial charge on any atom is -0.490 e. The Morgan fingerprint density at radius 2 is 1.70 bits per heavy atom. The van der Waals surface area contributed by atoms with Crippen LogP contribution in [0.15, 0.2) is 53.0 Å². The molecule has 0 heterocycles. The molecule has 2 aromatic carbocycles. The Kier molecular flexibility index (Phi) is 7.53. The number of urea groups is 1. The van der Waals surface area contributed by atoms with E-state index in [1.807, 2.05) is 12.1 Å². The SMILES string of the molecule is CC1CCC(C(C)C)C(Oc2ccc(NC(=O)NC(=O)c3ccc(Br)cc3)cc2)C1. The first-order valence-corrected chi connectivity index (χ1v) is 11.3. The molecule has 3 amide bonds. The molecule has 30 heavy (non-hydrogen) atoms. The van der Waals surface area contributed by atoms with Gasteiger partial charge in [-0.2, -0.15) is 0 Å². The highest BCUT2D eigenvalue weighted by Gasteiger charge is 2.32. The van der Waals surface area contributed by atoms with Gasteiger partial charge >= 0.3 is 6.03 Å². The summed E-state index contributed by atoms with van der Waals surface area (Å²) < 4.78 is 7.17. The number of carbonyl (C=O) groups excluding carboxylic acids is 2. The van der Waals surface area contributed by atoms with Crippen molar-refractivity contribution < 1.29 is 14.3 Å². The number of rotatable bonds is 5. The zero-order valence-electron chi connectivity index (χ0n) is 17.7. The summed E-state index contributed by atoms with van der Waals surface area (Å²) in [5.74, 6) is 2.19. The second-order valence-electron chi connectivity index (χ2n) is 8.42. The predicted octanol–water partition coefficient (Wildman–Crippen LogP) is 6.25. The number of halogens is 1. The third-order valence-electron chi connectivity index (χ3n) is 5.69. The van der Waals surface area contributed by atoms with Gasteiger partial charge in [0.25, 0.3) is 5.91 Å². The number of ether oxygens (including phenoxy) is 1. The van der Waals surface area contributed by atoms with Crippen molar-refractivity contribution in [1.82, 2.24) is 5.32 Å². The smallest absolute Gasteiger partial charge is 0.326 e. The van der Waals surface area contributed by atoms with Crippen molar-refractivity contribution in [2.75, 3.05) is 5.32 Å². The van der Waals surface area contributed by atoms with Gasteiger partial charge in [-0.25, -0.2) is 4.79 Å². The first-order chi connectivity index (χ1) is 14.3. The highest BCUT2D eigenvalue weighted by Crippen LogP contribution is 2.36. The number of benzene rings is 2. The fourth-order valence-corrected chi connectivity index (χ4v) is 4.25. The molecule has 3 atom stereocenters. The van der Waals surface area contributed by atoms with Crippen LogP contribution in [0.4, 0.5) is 10.5 Å². The number of hydrogen-bond acceptors (Lipinski definition) is 3. The fraction of sp³-hybridized carbons (Fsp3) is 0.417. The number of imide groups is 1. The van der Waals surface area contributed by atoms with Gasteiger partial charge in [-0.1, -0.05) is 43.1 Å². The van der Waals surface area contributed by atoms with Gasteiger partial charge in [0, 0.05) is 15.7 Å². The minimum absolute atomic E-state index is 0.222. The molecule has 0 spiro atoms. The normalized spacial score (nSPS) is 21.2. The van der Waals surface area contributed by atoms with E-state index in [2.05, 4.69) is 47.3 Å². The summed E-state index contributed by atoms with van der Waals surface area (Å²) >= 11 is 3.32. The third-order valence-corrected chi connectivity index (χ3v) is 6.22. The van der Waals surface area contributed by atoms with Crippen LogP contribution < -0.4 is 15.4 Å². The number of hydrogen-bond donors (Lipinski definition) is 2. The molecular formula is C24H29BrN2O3. The first kappa shape index (κ1) is 22.3. The maximum Gasteiger partial charge on any atom is 0.326 e. The summed E-state index contributed by atoms with van der Waals surface area (Å²) in [6.45, 7) is 6.81. The summed E-state index contributed by atoms with van der Waals surface area (Å²) in [4.78, 5) is 24.3. The highest BCUT2D eigenvalue weighted by molar-refractivity contribution is 9.10. The quantitative estimate of drug-likeness (QED) is 0.540. The zero-order valence-corrected chi connectivity index (χ0v) is 19.2.